The van der Waals surface area contributed by atoms with Crippen LogP contribution in [0.1, 0.15) is 19.3 Å². The lowest BCUT2D eigenvalue weighted by Crippen LogP contribution is -2.49. The molecule has 16 heavy (non-hydrogen) atoms. The number of hydrogen-bond donors (Lipinski definition) is 1. The third kappa shape index (κ3) is 4.37. The van der Waals surface area contributed by atoms with Crippen molar-refractivity contribution < 1.29 is 14.3 Å². The van der Waals surface area contributed by atoms with Crippen LogP contribution >= 0.6 is 0 Å². The molecular weight excluding hydrogens is 208 g/mol. The van der Waals surface area contributed by atoms with Crippen LogP contribution in [-0.2, 0) is 9.47 Å². The maximum atomic E-state index is 11.9. The molecule has 0 aromatic rings. The molecule has 0 aromatic heterocycles. The zero-order chi connectivity index (χ0) is 11.8. The van der Waals surface area contributed by atoms with Gasteiger partial charge in [0.2, 0.25) is 0 Å². The largest absolute Gasteiger partial charge is 0.383 e. The molecule has 0 spiro atoms. The number of methoxy groups -OCH3 is 2. The van der Waals surface area contributed by atoms with Crippen molar-refractivity contribution in [2.24, 2.45) is 0 Å². The Balaban J connectivity index is 2.29. The molecule has 0 aromatic carbocycles. The smallest absolute Gasteiger partial charge is 0.317 e. The summed E-state index contributed by atoms with van der Waals surface area (Å²) in [6.45, 7) is 2.33. The van der Waals surface area contributed by atoms with E-state index in [-0.39, 0.29) is 6.03 Å². The SMILES string of the molecule is COCCN(CCOC)C(=O)NC1CCC1. The molecule has 0 saturated heterocycles. The molecule has 1 aliphatic rings. The lowest BCUT2D eigenvalue weighted by molar-refractivity contribution is 0.119. The summed E-state index contributed by atoms with van der Waals surface area (Å²) in [5.74, 6) is 0. The Bertz CT molecular complexity index is 199. The third-order valence-electron chi connectivity index (χ3n) is 2.85. The minimum absolute atomic E-state index is 0.00111. The summed E-state index contributed by atoms with van der Waals surface area (Å²) >= 11 is 0. The van der Waals surface area contributed by atoms with Crippen molar-refractivity contribution in [3.63, 3.8) is 0 Å². The lowest BCUT2D eigenvalue weighted by atomic mass is 9.93. The van der Waals surface area contributed by atoms with Gasteiger partial charge in [-0.3, -0.25) is 0 Å². The summed E-state index contributed by atoms with van der Waals surface area (Å²) in [6.07, 6.45) is 3.43. The predicted molar refractivity (Wildman–Crippen MR) is 61.5 cm³/mol. The number of nitrogens with one attached hydrogen (secondary N) is 1. The van der Waals surface area contributed by atoms with Gasteiger partial charge in [0.25, 0.3) is 0 Å². The molecule has 1 fully saturated rings. The van der Waals surface area contributed by atoms with Crippen LogP contribution in [-0.4, -0.2) is 57.5 Å². The first kappa shape index (κ1) is 13.3. The van der Waals surface area contributed by atoms with Crippen LogP contribution in [0.2, 0.25) is 0 Å². The highest BCUT2D eigenvalue weighted by molar-refractivity contribution is 5.74. The molecular formula is C11H22N2O3. The highest BCUT2D eigenvalue weighted by Crippen LogP contribution is 2.18. The second kappa shape index (κ2) is 7.46. The summed E-state index contributed by atoms with van der Waals surface area (Å²) in [5.41, 5.74) is 0. The molecule has 0 unspecified atom stereocenters. The van der Waals surface area contributed by atoms with E-state index >= 15 is 0 Å². The second-order valence-corrected chi connectivity index (χ2v) is 4.05. The van der Waals surface area contributed by atoms with E-state index in [9.17, 15) is 4.79 Å². The van der Waals surface area contributed by atoms with E-state index in [0.29, 0.717) is 32.3 Å². The van der Waals surface area contributed by atoms with Gasteiger partial charge in [0.05, 0.1) is 13.2 Å². The van der Waals surface area contributed by atoms with Crippen LogP contribution in [0.4, 0.5) is 4.79 Å². The van der Waals surface area contributed by atoms with E-state index in [4.69, 9.17) is 9.47 Å². The number of ether oxygens (including phenoxy) is 2. The fourth-order valence-corrected chi connectivity index (χ4v) is 1.54. The van der Waals surface area contributed by atoms with E-state index in [1.807, 2.05) is 0 Å². The maximum absolute atomic E-state index is 11.9. The van der Waals surface area contributed by atoms with Gasteiger partial charge in [0, 0.05) is 33.4 Å². The molecule has 5 heteroatoms. The summed E-state index contributed by atoms with van der Waals surface area (Å²) in [6, 6.07) is 0.374. The molecule has 1 aliphatic carbocycles. The highest BCUT2D eigenvalue weighted by atomic mass is 16.5. The Hall–Kier alpha value is -0.810. The molecule has 94 valence electrons. The number of amides is 2. The van der Waals surface area contributed by atoms with Gasteiger partial charge in [-0.25, -0.2) is 4.79 Å². The average Bonchev–Trinajstić information content (AvgIpc) is 2.23. The van der Waals surface area contributed by atoms with Crippen molar-refractivity contribution >= 4 is 6.03 Å². The predicted octanol–water partition coefficient (Wildman–Crippen LogP) is 0.843. The molecule has 1 N–H and O–H groups in total. The van der Waals surface area contributed by atoms with Gasteiger partial charge < -0.3 is 19.7 Å². The standard InChI is InChI=1S/C11H22N2O3/c1-15-8-6-13(7-9-16-2)11(14)12-10-4-3-5-10/h10H,3-9H2,1-2H3,(H,12,14). The van der Waals surface area contributed by atoms with Crippen molar-refractivity contribution in [1.82, 2.24) is 10.2 Å². The molecule has 0 aliphatic heterocycles. The molecule has 0 atom stereocenters. The van der Waals surface area contributed by atoms with Gasteiger partial charge in [0.1, 0.15) is 0 Å². The molecule has 2 amide bonds. The van der Waals surface area contributed by atoms with Crippen molar-refractivity contribution in [2.75, 3.05) is 40.5 Å². The van der Waals surface area contributed by atoms with E-state index in [1.165, 1.54) is 6.42 Å². The van der Waals surface area contributed by atoms with Gasteiger partial charge in [-0.2, -0.15) is 0 Å². The van der Waals surface area contributed by atoms with Crippen molar-refractivity contribution in [3.05, 3.63) is 0 Å². The number of carbonyl (C=O) groups excluding carboxylic acids is 1. The summed E-state index contributed by atoms with van der Waals surface area (Å²) in [5, 5.41) is 3.01. The number of urea groups is 1. The van der Waals surface area contributed by atoms with E-state index in [0.717, 1.165) is 12.8 Å². The fourth-order valence-electron chi connectivity index (χ4n) is 1.54. The van der Waals surface area contributed by atoms with Gasteiger partial charge in [-0.05, 0) is 19.3 Å². The summed E-state index contributed by atoms with van der Waals surface area (Å²) in [7, 11) is 3.27. The molecule has 0 heterocycles. The monoisotopic (exact) mass is 230 g/mol. The number of rotatable bonds is 7. The zero-order valence-corrected chi connectivity index (χ0v) is 10.2. The molecule has 1 rings (SSSR count). The first-order valence-electron chi connectivity index (χ1n) is 5.81. The fraction of sp³-hybridized carbons (Fsp3) is 0.909. The quantitative estimate of drug-likeness (QED) is 0.705. The normalized spacial score (nSPS) is 15.6. The van der Waals surface area contributed by atoms with Gasteiger partial charge >= 0.3 is 6.03 Å². The summed E-state index contributed by atoms with van der Waals surface area (Å²) < 4.78 is 9.97. The minimum atomic E-state index is -0.00111. The second-order valence-electron chi connectivity index (χ2n) is 4.05. The number of hydrogen-bond acceptors (Lipinski definition) is 3. The number of carbonyl (C=O) groups is 1. The highest BCUT2D eigenvalue weighted by Gasteiger charge is 2.22. The van der Waals surface area contributed by atoms with Crippen LogP contribution in [0.3, 0.4) is 0 Å². The molecule has 0 radical (unpaired) electrons. The Kier molecular flexibility index (Phi) is 6.18. The summed E-state index contributed by atoms with van der Waals surface area (Å²) in [4.78, 5) is 13.6. The molecule has 0 bridgehead atoms. The van der Waals surface area contributed by atoms with Crippen molar-refractivity contribution in [3.8, 4) is 0 Å². The van der Waals surface area contributed by atoms with E-state index in [2.05, 4.69) is 5.32 Å². The average molecular weight is 230 g/mol. The maximum Gasteiger partial charge on any atom is 0.317 e. The topological polar surface area (TPSA) is 50.8 Å². The molecule has 1 saturated carbocycles. The Morgan fingerprint density at radius 1 is 1.25 bits per heavy atom. The van der Waals surface area contributed by atoms with Crippen LogP contribution in [0.5, 0.6) is 0 Å². The Morgan fingerprint density at radius 3 is 2.19 bits per heavy atom. The minimum Gasteiger partial charge on any atom is -0.383 e. The Labute approximate surface area is 97.1 Å². The van der Waals surface area contributed by atoms with E-state index < -0.39 is 0 Å². The van der Waals surface area contributed by atoms with Gasteiger partial charge in [-0.15, -0.1) is 0 Å². The van der Waals surface area contributed by atoms with Crippen molar-refractivity contribution in [1.29, 1.82) is 0 Å². The lowest BCUT2D eigenvalue weighted by Gasteiger charge is -2.30. The van der Waals surface area contributed by atoms with Crippen molar-refractivity contribution in [2.45, 2.75) is 25.3 Å². The van der Waals surface area contributed by atoms with Gasteiger partial charge in [0.15, 0.2) is 0 Å². The van der Waals surface area contributed by atoms with Gasteiger partial charge in [-0.1, -0.05) is 0 Å². The first-order valence-corrected chi connectivity index (χ1v) is 5.81. The Morgan fingerprint density at radius 2 is 1.81 bits per heavy atom. The number of nitrogens with zero attached hydrogens (tertiary/aromatic N) is 1. The van der Waals surface area contributed by atoms with Crippen LogP contribution in [0.25, 0.3) is 0 Å². The first-order chi connectivity index (χ1) is 7.77. The van der Waals surface area contributed by atoms with Crippen LogP contribution in [0, 0.1) is 0 Å². The third-order valence-corrected chi connectivity index (χ3v) is 2.85. The zero-order valence-electron chi connectivity index (χ0n) is 10.2. The molecule has 5 nitrogen and oxygen atoms in total. The van der Waals surface area contributed by atoms with E-state index in [1.54, 1.807) is 19.1 Å². The van der Waals surface area contributed by atoms with Crippen LogP contribution in [0.15, 0.2) is 0 Å². The van der Waals surface area contributed by atoms with Crippen LogP contribution < -0.4 is 5.32 Å².